The van der Waals surface area contributed by atoms with Gasteiger partial charge in [-0.05, 0) is 38.2 Å². The Hall–Kier alpha value is -1.37. The van der Waals surface area contributed by atoms with Gasteiger partial charge >= 0.3 is 0 Å². The van der Waals surface area contributed by atoms with Crippen molar-refractivity contribution < 1.29 is 4.57 Å². The number of aryl methyl sites for hydroxylation is 2. The molecule has 0 aromatic carbocycles. The molecule has 0 radical (unpaired) electrons. The van der Waals surface area contributed by atoms with Crippen molar-refractivity contribution in [1.82, 2.24) is 0 Å². The Kier molecular flexibility index (Phi) is 5.19. The molecule has 96 valence electrons. The number of aromatic nitrogens is 1. The Morgan fingerprint density at radius 2 is 1.83 bits per heavy atom. The maximum atomic E-state index is 2.35. The first-order chi connectivity index (χ1) is 8.84. The highest BCUT2D eigenvalue weighted by molar-refractivity contribution is 5.25. The second-order valence-corrected chi connectivity index (χ2v) is 5.19. The molecule has 1 aliphatic rings. The first kappa shape index (κ1) is 13.1. The molecule has 1 nitrogen and oxygen atoms in total. The third kappa shape index (κ3) is 4.48. The molecule has 0 atom stereocenters. The minimum absolute atomic E-state index is 1.15. The van der Waals surface area contributed by atoms with Crippen LogP contribution in [0.15, 0.2) is 48.3 Å². The summed E-state index contributed by atoms with van der Waals surface area (Å²) in [7, 11) is 0. The summed E-state index contributed by atoms with van der Waals surface area (Å²) >= 11 is 0. The van der Waals surface area contributed by atoms with Gasteiger partial charge < -0.3 is 0 Å². The van der Waals surface area contributed by atoms with E-state index in [0.717, 1.165) is 13.0 Å². The summed E-state index contributed by atoms with van der Waals surface area (Å²) < 4.78 is 2.29. The summed E-state index contributed by atoms with van der Waals surface area (Å²) in [6.45, 7) is 3.29. The zero-order chi connectivity index (χ0) is 12.6. The molecule has 1 aliphatic carbocycles. The van der Waals surface area contributed by atoms with Crippen molar-refractivity contribution in [2.75, 3.05) is 0 Å². The van der Waals surface area contributed by atoms with Crippen LogP contribution in [-0.4, -0.2) is 0 Å². The smallest absolute Gasteiger partial charge is 0.169 e. The molecular formula is C17H24N+. The fraction of sp³-hybridized carbons (Fsp3) is 0.471. The lowest BCUT2D eigenvalue weighted by Gasteiger charge is -2.00. The van der Waals surface area contributed by atoms with Crippen molar-refractivity contribution in [3.05, 3.63) is 53.9 Å². The van der Waals surface area contributed by atoms with E-state index in [0.29, 0.717) is 0 Å². The van der Waals surface area contributed by atoms with Crippen LogP contribution >= 0.6 is 0 Å². The fourth-order valence-electron chi connectivity index (χ4n) is 2.35. The Morgan fingerprint density at radius 3 is 2.56 bits per heavy atom. The van der Waals surface area contributed by atoms with Crippen molar-refractivity contribution in [3.63, 3.8) is 0 Å². The highest BCUT2D eigenvalue weighted by Gasteiger charge is 2.00. The second-order valence-electron chi connectivity index (χ2n) is 5.19. The normalized spacial score (nSPS) is 13.9. The highest BCUT2D eigenvalue weighted by atomic mass is 14.9. The number of nitrogens with zero attached hydrogens (tertiary/aromatic N) is 1. The minimum atomic E-state index is 1.15. The first-order valence-corrected chi connectivity index (χ1v) is 7.16. The Labute approximate surface area is 111 Å². The second kappa shape index (κ2) is 7.15. The molecule has 0 bridgehead atoms. The van der Waals surface area contributed by atoms with Gasteiger partial charge in [0.2, 0.25) is 0 Å². The van der Waals surface area contributed by atoms with Crippen LogP contribution in [0, 0.1) is 6.92 Å². The number of rotatable bonds is 7. The Bertz CT molecular complexity index is 412. The van der Waals surface area contributed by atoms with Gasteiger partial charge in [-0.25, -0.2) is 4.57 Å². The molecule has 1 aromatic heterocycles. The lowest BCUT2D eigenvalue weighted by Crippen LogP contribution is -2.32. The van der Waals surface area contributed by atoms with E-state index < -0.39 is 0 Å². The summed E-state index contributed by atoms with van der Waals surface area (Å²) in [5.41, 5.74) is 2.88. The van der Waals surface area contributed by atoms with E-state index in [1.807, 2.05) is 0 Å². The molecule has 0 saturated heterocycles. The molecule has 0 amide bonds. The van der Waals surface area contributed by atoms with Gasteiger partial charge in [0.25, 0.3) is 0 Å². The van der Waals surface area contributed by atoms with Crippen molar-refractivity contribution in [2.45, 2.75) is 52.0 Å². The molecule has 0 fully saturated rings. The molecule has 2 rings (SSSR count). The summed E-state index contributed by atoms with van der Waals surface area (Å²) in [5, 5.41) is 0. The molecule has 0 unspecified atom stereocenters. The monoisotopic (exact) mass is 242 g/mol. The van der Waals surface area contributed by atoms with Crippen molar-refractivity contribution in [2.24, 2.45) is 0 Å². The lowest BCUT2D eigenvalue weighted by molar-refractivity contribution is -0.697. The largest absolute Gasteiger partial charge is 0.205 e. The van der Waals surface area contributed by atoms with Crippen LogP contribution in [0.2, 0.25) is 0 Å². The van der Waals surface area contributed by atoms with Crippen molar-refractivity contribution in [3.8, 4) is 0 Å². The summed E-state index contributed by atoms with van der Waals surface area (Å²) in [4.78, 5) is 0. The van der Waals surface area contributed by atoms with Gasteiger partial charge in [0, 0.05) is 18.6 Å². The zero-order valence-electron chi connectivity index (χ0n) is 11.4. The van der Waals surface area contributed by atoms with Crippen LogP contribution in [0.5, 0.6) is 0 Å². The molecular weight excluding hydrogens is 218 g/mol. The number of hydrogen-bond acceptors (Lipinski definition) is 0. The van der Waals surface area contributed by atoms with Gasteiger partial charge in [0.1, 0.15) is 6.54 Å². The fourth-order valence-corrected chi connectivity index (χ4v) is 2.35. The van der Waals surface area contributed by atoms with E-state index in [2.05, 4.69) is 54.2 Å². The van der Waals surface area contributed by atoms with Gasteiger partial charge in [-0.3, -0.25) is 0 Å². The van der Waals surface area contributed by atoms with E-state index in [1.54, 1.807) is 5.57 Å². The third-order valence-corrected chi connectivity index (χ3v) is 3.54. The third-order valence-electron chi connectivity index (χ3n) is 3.54. The summed E-state index contributed by atoms with van der Waals surface area (Å²) in [6.07, 6.45) is 19.0. The van der Waals surface area contributed by atoms with Crippen molar-refractivity contribution >= 4 is 0 Å². The Balaban J connectivity index is 1.53. The SMILES string of the molecule is Cc1cc[n+](CCCCCCC2=CCC=C2)cc1. The summed E-state index contributed by atoms with van der Waals surface area (Å²) in [5.74, 6) is 0. The molecule has 1 heterocycles. The molecule has 0 spiro atoms. The van der Waals surface area contributed by atoms with E-state index in [1.165, 1.54) is 37.7 Å². The standard InChI is InChI=1S/C17H24N/c1-16-11-14-18(15-12-16)13-7-3-2-4-8-17-9-5-6-10-17/h5,9-12,14-15H,2-4,6-8,13H2,1H3/q+1. The maximum absolute atomic E-state index is 2.35. The van der Waals surface area contributed by atoms with E-state index >= 15 is 0 Å². The molecule has 0 aliphatic heterocycles. The predicted octanol–water partition coefficient (Wildman–Crippen LogP) is 4.12. The van der Waals surface area contributed by atoms with Crippen LogP contribution in [0.25, 0.3) is 0 Å². The number of hydrogen-bond donors (Lipinski definition) is 0. The Morgan fingerprint density at radius 1 is 1.06 bits per heavy atom. The van der Waals surface area contributed by atoms with E-state index in [9.17, 15) is 0 Å². The molecule has 0 saturated carbocycles. The average molecular weight is 242 g/mol. The number of unbranched alkanes of at least 4 members (excludes halogenated alkanes) is 3. The molecule has 1 aromatic rings. The van der Waals surface area contributed by atoms with Gasteiger partial charge in [0.05, 0.1) is 0 Å². The topological polar surface area (TPSA) is 3.88 Å². The van der Waals surface area contributed by atoms with Gasteiger partial charge in [-0.15, -0.1) is 0 Å². The van der Waals surface area contributed by atoms with Crippen molar-refractivity contribution in [1.29, 1.82) is 0 Å². The molecule has 1 heteroatoms. The predicted molar refractivity (Wildman–Crippen MR) is 76.3 cm³/mol. The van der Waals surface area contributed by atoms with Crippen LogP contribution in [0.4, 0.5) is 0 Å². The minimum Gasteiger partial charge on any atom is -0.205 e. The van der Waals surface area contributed by atoms with Crippen LogP contribution in [0.1, 0.15) is 44.1 Å². The van der Waals surface area contributed by atoms with E-state index in [4.69, 9.17) is 0 Å². The summed E-state index contributed by atoms with van der Waals surface area (Å²) in [6, 6.07) is 4.36. The quantitative estimate of drug-likeness (QED) is 0.500. The average Bonchev–Trinajstić information content (AvgIpc) is 2.89. The number of allylic oxidation sites excluding steroid dienone is 4. The number of pyridine rings is 1. The van der Waals surface area contributed by atoms with Gasteiger partial charge in [0.15, 0.2) is 12.4 Å². The lowest BCUT2D eigenvalue weighted by atomic mass is 10.1. The first-order valence-electron chi connectivity index (χ1n) is 7.16. The van der Waals surface area contributed by atoms with Crippen LogP contribution in [-0.2, 0) is 6.54 Å². The van der Waals surface area contributed by atoms with Gasteiger partial charge in [-0.1, -0.05) is 30.2 Å². The van der Waals surface area contributed by atoms with Gasteiger partial charge in [-0.2, -0.15) is 0 Å². The zero-order valence-corrected chi connectivity index (χ0v) is 11.4. The molecule has 0 N–H and O–H groups in total. The maximum Gasteiger partial charge on any atom is 0.169 e. The highest BCUT2D eigenvalue weighted by Crippen LogP contribution is 2.16. The van der Waals surface area contributed by atoms with E-state index in [-0.39, 0.29) is 0 Å². The van der Waals surface area contributed by atoms with Crippen LogP contribution < -0.4 is 4.57 Å². The molecule has 18 heavy (non-hydrogen) atoms. The van der Waals surface area contributed by atoms with Crippen LogP contribution in [0.3, 0.4) is 0 Å².